The Labute approximate surface area is 174 Å². The predicted molar refractivity (Wildman–Crippen MR) is 105 cm³/mol. The van der Waals surface area contributed by atoms with Crippen molar-refractivity contribution in [3.05, 3.63) is 59.9 Å². The number of ether oxygens (including phenoxy) is 1. The van der Waals surface area contributed by atoms with Crippen molar-refractivity contribution in [2.45, 2.75) is 25.2 Å². The lowest BCUT2D eigenvalue weighted by Crippen LogP contribution is -2.17. The zero-order valence-corrected chi connectivity index (χ0v) is 15.9. The molecule has 0 unspecified atom stereocenters. The molecule has 1 aromatic heterocycles. The molecule has 0 amide bonds. The van der Waals surface area contributed by atoms with Gasteiger partial charge in [-0.1, -0.05) is 18.2 Å². The Balaban J connectivity index is 1.71. The number of halogens is 4. The van der Waals surface area contributed by atoms with Crippen molar-refractivity contribution in [1.29, 1.82) is 5.26 Å². The maximum absolute atomic E-state index is 13.9. The number of hydrogen-bond donors (Lipinski definition) is 2. The molecule has 1 aliphatic rings. The third-order valence-electron chi connectivity index (χ3n) is 4.39. The zero-order valence-electron chi connectivity index (χ0n) is 15.9. The summed E-state index contributed by atoms with van der Waals surface area (Å²) in [5.41, 5.74) is 0.715. The summed E-state index contributed by atoms with van der Waals surface area (Å²) in [6.45, 7) is 0. The van der Waals surface area contributed by atoms with Gasteiger partial charge in [-0.05, 0) is 37.1 Å². The molecule has 0 bridgehead atoms. The van der Waals surface area contributed by atoms with Crippen molar-refractivity contribution in [1.82, 2.24) is 9.97 Å². The topological polar surface area (TPSA) is 82.9 Å². The second-order valence-corrected chi connectivity index (χ2v) is 6.86. The molecule has 0 radical (unpaired) electrons. The summed E-state index contributed by atoms with van der Waals surface area (Å²) in [6.07, 6.45) is -2.91. The first-order valence-corrected chi connectivity index (χ1v) is 9.28. The molecular formula is C21H15F4N5O. The first-order chi connectivity index (χ1) is 14.8. The zero-order chi connectivity index (χ0) is 22.0. The Morgan fingerprint density at radius 1 is 1.06 bits per heavy atom. The van der Waals surface area contributed by atoms with Gasteiger partial charge in [-0.3, -0.25) is 0 Å². The molecule has 2 aromatic carbocycles. The number of rotatable bonds is 6. The molecule has 0 atom stereocenters. The van der Waals surface area contributed by atoms with Gasteiger partial charge < -0.3 is 15.4 Å². The van der Waals surface area contributed by atoms with Crippen molar-refractivity contribution in [2.24, 2.45) is 0 Å². The highest BCUT2D eigenvalue weighted by atomic mass is 19.4. The summed E-state index contributed by atoms with van der Waals surface area (Å²) in [6, 6.07) is 13.0. The van der Waals surface area contributed by atoms with E-state index in [-0.39, 0.29) is 34.8 Å². The minimum atomic E-state index is -4.82. The van der Waals surface area contributed by atoms with Gasteiger partial charge in [-0.15, -0.1) is 13.2 Å². The van der Waals surface area contributed by atoms with Gasteiger partial charge in [0.2, 0.25) is 5.95 Å². The molecule has 6 nitrogen and oxygen atoms in total. The maximum atomic E-state index is 13.9. The van der Waals surface area contributed by atoms with Gasteiger partial charge in [0.1, 0.15) is 29.0 Å². The quantitative estimate of drug-likeness (QED) is 0.513. The van der Waals surface area contributed by atoms with Gasteiger partial charge in [-0.2, -0.15) is 10.2 Å². The molecule has 31 heavy (non-hydrogen) atoms. The Hall–Kier alpha value is -3.87. The number of hydrogen-bond acceptors (Lipinski definition) is 6. The normalized spacial score (nSPS) is 13.4. The minimum absolute atomic E-state index is 0.181. The Bertz CT molecular complexity index is 1160. The minimum Gasteiger partial charge on any atom is -0.406 e. The van der Waals surface area contributed by atoms with Gasteiger partial charge in [0.25, 0.3) is 0 Å². The molecule has 1 saturated carbocycles. The number of nitrogens with zero attached hydrogens (tertiary/aromatic N) is 3. The van der Waals surface area contributed by atoms with Gasteiger partial charge in [-0.25, -0.2) is 9.37 Å². The summed E-state index contributed by atoms with van der Waals surface area (Å²) in [4.78, 5) is 8.73. The maximum Gasteiger partial charge on any atom is 0.573 e. The molecule has 4 rings (SSSR count). The van der Waals surface area contributed by atoms with Crippen LogP contribution in [0.5, 0.6) is 5.75 Å². The fourth-order valence-electron chi connectivity index (χ4n) is 2.87. The molecule has 3 aromatic rings. The summed E-state index contributed by atoms with van der Waals surface area (Å²) >= 11 is 0. The first kappa shape index (κ1) is 20.4. The van der Waals surface area contributed by atoms with Crippen LogP contribution in [0.25, 0.3) is 11.3 Å². The fraction of sp³-hybridized carbons (Fsp3) is 0.190. The number of nitriles is 1. The van der Waals surface area contributed by atoms with Crippen LogP contribution in [0.1, 0.15) is 18.4 Å². The van der Waals surface area contributed by atoms with E-state index in [1.54, 1.807) is 12.1 Å². The third-order valence-corrected chi connectivity index (χ3v) is 4.39. The van der Waals surface area contributed by atoms with Crippen molar-refractivity contribution in [3.63, 3.8) is 0 Å². The van der Waals surface area contributed by atoms with E-state index in [4.69, 9.17) is 0 Å². The lowest BCUT2D eigenvalue weighted by atomic mass is 10.1. The lowest BCUT2D eigenvalue weighted by Gasteiger charge is -2.13. The van der Waals surface area contributed by atoms with Crippen LogP contribution in [0.2, 0.25) is 0 Å². The smallest absolute Gasteiger partial charge is 0.406 e. The highest BCUT2D eigenvalue weighted by Gasteiger charge is 2.31. The van der Waals surface area contributed by atoms with E-state index >= 15 is 0 Å². The van der Waals surface area contributed by atoms with Gasteiger partial charge in [0.05, 0.1) is 11.4 Å². The summed E-state index contributed by atoms with van der Waals surface area (Å²) < 4.78 is 55.6. The standard InChI is InChI=1S/C21H15F4N5O/c22-16-5-2-6-17(15(16)11-26)28-19-10-18(29-20(30-19)27-13-7-8-13)12-3-1-4-14(9-12)31-21(23,24)25/h1-6,9-10,13H,7-8H2,(H2,27,28,29,30). The van der Waals surface area contributed by atoms with Crippen LogP contribution in [0, 0.1) is 17.1 Å². The Morgan fingerprint density at radius 3 is 2.55 bits per heavy atom. The number of nitrogens with one attached hydrogen (secondary N) is 2. The van der Waals surface area contributed by atoms with E-state index < -0.39 is 12.2 Å². The van der Waals surface area contributed by atoms with E-state index in [1.165, 1.54) is 42.5 Å². The van der Waals surface area contributed by atoms with Crippen LogP contribution in [0.15, 0.2) is 48.5 Å². The molecule has 1 fully saturated rings. The van der Waals surface area contributed by atoms with Crippen molar-refractivity contribution in [3.8, 4) is 23.1 Å². The van der Waals surface area contributed by atoms with Crippen molar-refractivity contribution < 1.29 is 22.3 Å². The average molecular weight is 429 g/mol. The summed E-state index contributed by atoms with van der Waals surface area (Å²) in [7, 11) is 0. The summed E-state index contributed by atoms with van der Waals surface area (Å²) in [5, 5.41) is 15.3. The predicted octanol–water partition coefficient (Wildman–Crippen LogP) is 5.37. The molecule has 158 valence electrons. The van der Waals surface area contributed by atoms with E-state index in [1.807, 2.05) is 0 Å². The van der Waals surface area contributed by atoms with Crippen LogP contribution in [0.4, 0.5) is 35.0 Å². The van der Waals surface area contributed by atoms with E-state index in [2.05, 4.69) is 25.3 Å². The number of anilines is 3. The van der Waals surface area contributed by atoms with E-state index in [9.17, 15) is 22.8 Å². The van der Waals surface area contributed by atoms with Crippen molar-refractivity contribution >= 4 is 17.5 Å². The van der Waals surface area contributed by atoms with Crippen LogP contribution < -0.4 is 15.4 Å². The fourth-order valence-corrected chi connectivity index (χ4v) is 2.87. The van der Waals surface area contributed by atoms with Gasteiger partial charge in [0, 0.05) is 17.7 Å². The SMILES string of the molecule is N#Cc1c(F)cccc1Nc1cc(-c2cccc(OC(F)(F)F)c2)nc(NC2CC2)n1. The number of alkyl halides is 3. The largest absolute Gasteiger partial charge is 0.573 e. The number of benzene rings is 2. The third kappa shape index (κ3) is 5.19. The van der Waals surface area contributed by atoms with E-state index in [0.29, 0.717) is 11.3 Å². The van der Waals surface area contributed by atoms with Crippen LogP contribution in [0.3, 0.4) is 0 Å². The summed E-state index contributed by atoms with van der Waals surface area (Å²) in [5.74, 6) is -0.557. The second kappa shape index (κ2) is 8.10. The molecule has 10 heteroatoms. The van der Waals surface area contributed by atoms with Crippen molar-refractivity contribution in [2.75, 3.05) is 10.6 Å². The lowest BCUT2D eigenvalue weighted by molar-refractivity contribution is -0.274. The Morgan fingerprint density at radius 2 is 1.84 bits per heavy atom. The molecule has 2 N–H and O–H groups in total. The Kier molecular flexibility index (Phi) is 5.33. The monoisotopic (exact) mass is 429 g/mol. The average Bonchev–Trinajstić information content (AvgIpc) is 3.51. The second-order valence-electron chi connectivity index (χ2n) is 6.86. The number of aromatic nitrogens is 2. The van der Waals surface area contributed by atoms with Gasteiger partial charge in [0.15, 0.2) is 0 Å². The van der Waals surface area contributed by atoms with Crippen LogP contribution in [-0.2, 0) is 0 Å². The highest BCUT2D eigenvalue weighted by Crippen LogP contribution is 2.31. The molecule has 1 heterocycles. The van der Waals surface area contributed by atoms with Gasteiger partial charge >= 0.3 is 6.36 Å². The van der Waals surface area contributed by atoms with Crippen LogP contribution in [-0.4, -0.2) is 22.4 Å². The van der Waals surface area contributed by atoms with E-state index in [0.717, 1.165) is 12.8 Å². The van der Waals surface area contributed by atoms with Crippen LogP contribution >= 0.6 is 0 Å². The molecule has 0 saturated heterocycles. The molecular weight excluding hydrogens is 414 g/mol. The molecule has 0 aliphatic heterocycles. The molecule has 1 aliphatic carbocycles. The highest BCUT2D eigenvalue weighted by molar-refractivity contribution is 5.70. The first-order valence-electron chi connectivity index (χ1n) is 9.28. The molecule has 0 spiro atoms.